The molecular formula is C13H19N3. The molecule has 0 atom stereocenters. The average molecular weight is 217 g/mol. The van der Waals surface area contributed by atoms with E-state index in [-0.39, 0.29) is 0 Å². The van der Waals surface area contributed by atoms with E-state index in [2.05, 4.69) is 25.0 Å². The summed E-state index contributed by atoms with van der Waals surface area (Å²) >= 11 is 0. The molecule has 0 radical (unpaired) electrons. The zero-order chi connectivity index (χ0) is 11.5. The summed E-state index contributed by atoms with van der Waals surface area (Å²) in [5.74, 6) is 1.32. The molecule has 0 aliphatic rings. The molecule has 3 heteroatoms. The highest BCUT2D eigenvalue weighted by atomic mass is 15.3. The first-order valence-corrected chi connectivity index (χ1v) is 5.97. The van der Waals surface area contributed by atoms with E-state index >= 15 is 0 Å². The lowest BCUT2D eigenvalue weighted by Crippen LogP contribution is -2.10. The molecule has 0 saturated carbocycles. The molecule has 2 rings (SSSR count). The molecule has 1 aromatic heterocycles. The van der Waals surface area contributed by atoms with Crippen molar-refractivity contribution in [1.29, 1.82) is 0 Å². The summed E-state index contributed by atoms with van der Waals surface area (Å²) in [6.07, 6.45) is 2.37. The Morgan fingerprint density at radius 1 is 1.25 bits per heavy atom. The number of aromatic nitrogens is 2. The predicted octanol–water partition coefficient (Wildman–Crippen LogP) is 3.05. The Hall–Kier alpha value is -1.51. The van der Waals surface area contributed by atoms with Crippen LogP contribution in [0.1, 0.15) is 26.7 Å². The second kappa shape index (κ2) is 4.56. The number of nitrogens with zero attached hydrogens (tertiary/aromatic N) is 2. The summed E-state index contributed by atoms with van der Waals surface area (Å²) < 4.78 is 2.04. The van der Waals surface area contributed by atoms with Gasteiger partial charge in [-0.05, 0) is 18.1 Å². The molecule has 0 aliphatic heterocycles. The monoisotopic (exact) mass is 217 g/mol. The second-order valence-electron chi connectivity index (χ2n) is 4.27. The number of para-hydroxylation sites is 1. The molecule has 0 saturated heterocycles. The van der Waals surface area contributed by atoms with Gasteiger partial charge in [0.25, 0.3) is 0 Å². The van der Waals surface area contributed by atoms with Crippen molar-refractivity contribution in [2.75, 3.05) is 5.73 Å². The Morgan fingerprint density at radius 3 is 2.62 bits per heavy atom. The summed E-state index contributed by atoms with van der Waals surface area (Å²) in [5.41, 5.74) is 7.05. The summed E-state index contributed by atoms with van der Waals surface area (Å²) in [4.78, 5) is 0. The van der Waals surface area contributed by atoms with E-state index in [0.717, 1.165) is 17.4 Å². The molecule has 3 nitrogen and oxygen atoms in total. The lowest BCUT2D eigenvalue weighted by Gasteiger charge is -2.12. The van der Waals surface area contributed by atoms with Gasteiger partial charge >= 0.3 is 0 Å². The molecule has 0 bridgehead atoms. The maximum atomic E-state index is 5.90. The van der Waals surface area contributed by atoms with Gasteiger partial charge in [0.15, 0.2) is 5.82 Å². The molecule has 1 aromatic carbocycles. The second-order valence-corrected chi connectivity index (χ2v) is 4.27. The molecule has 0 aliphatic carbocycles. The third-order valence-corrected chi connectivity index (χ3v) is 3.27. The van der Waals surface area contributed by atoms with Crippen LogP contribution in [0.3, 0.4) is 0 Å². The van der Waals surface area contributed by atoms with Crippen molar-refractivity contribution >= 4 is 16.7 Å². The molecule has 2 aromatic rings. The lowest BCUT2D eigenvalue weighted by molar-refractivity contribution is 0.404. The summed E-state index contributed by atoms with van der Waals surface area (Å²) in [7, 11) is 0. The van der Waals surface area contributed by atoms with E-state index in [1.165, 1.54) is 12.8 Å². The fourth-order valence-electron chi connectivity index (χ4n) is 2.08. The highest BCUT2D eigenvalue weighted by molar-refractivity contribution is 5.88. The molecule has 16 heavy (non-hydrogen) atoms. The number of nitrogen functional groups attached to an aromatic ring is 1. The van der Waals surface area contributed by atoms with Gasteiger partial charge in [-0.2, -0.15) is 5.10 Å². The van der Waals surface area contributed by atoms with Gasteiger partial charge < -0.3 is 5.73 Å². The normalized spacial score (nSPS) is 11.4. The molecule has 0 fully saturated rings. The minimum atomic E-state index is 0.640. The Morgan fingerprint density at radius 2 is 1.94 bits per heavy atom. The molecule has 0 spiro atoms. The van der Waals surface area contributed by atoms with Crippen LogP contribution in [0.5, 0.6) is 0 Å². The first kappa shape index (κ1) is 11.0. The van der Waals surface area contributed by atoms with Gasteiger partial charge in [0, 0.05) is 11.9 Å². The Kier molecular flexibility index (Phi) is 3.13. The largest absolute Gasteiger partial charge is 0.382 e. The Labute approximate surface area is 96.2 Å². The van der Waals surface area contributed by atoms with Crippen LogP contribution in [-0.2, 0) is 6.54 Å². The van der Waals surface area contributed by atoms with Crippen LogP contribution in [0.2, 0.25) is 0 Å². The van der Waals surface area contributed by atoms with Crippen molar-refractivity contribution in [3.63, 3.8) is 0 Å². The van der Waals surface area contributed by atoms with E-state index in [0.29, 0.717) is 11.7 Å². The fourth-order valence-corrected chi connectivity index (χ4v) is 2.08. The first-order valence-electron chi connectivity index (χ1n) is 5.97. The van der Waals surface area contributed by atoms with Gasteiger partial charge in [0.2, 0.25) is 0 Å². The third kappa shape index (κ3) is 1.90. The first-order chi connectivity index (χ1) is 7.76. The topological polar surface area (TPSA) is 43.8 Å². The van der Waals surface area contributed by atoms with Crippen LogP contribution in [0.25, 0.3) is 10.9 Å². The van der Waals surface area contributed by atoms with Crippen LogP contribution in [-0.4, -0.2) is 9.78 Å². The number of nitrogens with two attached hydrogens (primary N) is 1. The highest BCUT2D eigenvalue weighted by Gasteiger charge is 2.10. The predicted molar refractivity (Wildman–Crippen MR) is 68.2 cm³/mol. The van der Waals surface area contributed by atoms with Gasteiger partial charge in [-0.1, -0.05) is 38.8 Å². The summed E-state index contributed by atoms with van der Waals surface area (Å²) in [6, 6.07) is 8.15. The van der Waals surface area contributed by atoms with Crippen molar-refractivity contribution in [1.82, 2.24) is 9.78 Å². The van der Waals surface area contributed by atoms with Crippen LogP contribution < -0.4 is 5.73 Å². The van der Waals surface area contributed by atoms with Gasteiger partial charge in [-0.15, -0.1) is 0 Å². The number of rotatable bonds is 4. The molecule has 0 unspecified atom stereocenters. The number of fused-ring (bicyclic) bond motifs is 1. The maximum Gasteiger partial charge on any atom is 0.153 e. The zero-order valence-electron chi connectivity index (χ0n) is 9.98. The van der Waals surface area contributed by atoms with E-state index < -0.39 is 0 Å². The van der Waals surface area contributed by atoms with E-state index in [9.17, 15) is 0 Å². The molecule has 1 heterocycles. The van der Waals surface area contributed by atoms with Gasteiger partial charge in [0.05, 0.1) is 5.52 Å². The zero-order valence-corrected chi connectivity index (χ0v) is 9.98. The minimum Gasteiger partial charge on any atom is -0.382 e. The Bertz CT molecular complexity index is 469. The van der Waals surface area contributed by atoms with Crippen LogP contribution in [0, 0.1) is 5.92 Å². The molecule has 86 valence electrons. The van der Waals surface area contributed by atoms with Crippen molar-refractivity contribution < 1.29 is 0 Å². The molecule has 0 amide bonds. The van der Waals surface area contributed by atoms with E-state index in [4.69, 9.17) is 5.73 Å². The van der Waals surface area contributed by atoms with Gasteiger partial charge in [-0.3, -0.25) is 4.68 Å². The summed E-state index contributed by atoms with van der Waals surface area (Å²) in [5, 5.41) is 5.48. The average Bonchev–Trinajstić information content (AvgIpc) is 2.64. The van der Waals surface area contributed by atoms with E-state index in [1.54, 1.807) is 0 Å². The minimum absolute atomic E-state index is 0.640. The maximum absolute atomic E-state index is 5.90. The molecular weight excluding hydrogens is 198 g/mol. The SMILES string of the molecule is CCC(CC)Cn1nc(N)c2ccccc21. The number of benzene rings is 1. The van der Waals surface area contributed by atoms with Crippen LogP contribution in [0.15, 0.2) is 24.3 Å². The standard InChI is InChI=1S/C13H19N3/c1-3-10(4-2)9-16-12-8-6-5-7-11(12)13(14)15-16/h5-8,10H,3-4,9H2,1-2H3,(H2,14,15). The van der Waals surface area contributed by atoms with Crippen molar-refractivity contribution in [2.24, 2.45) is 5.92 Å². The van der Waals surface area contributed by atoms with Gasteiger partial charge in [0.1, 0.15) is 0 Å². The molecule has 2 N–H and O–H groups in total. The number of hydrogen-bond donors (Lipinski definition) is 1. The van der Waals surface area contributed by atoms with Crippen LogP contribution >= 0.6 is 0 Å². The van der Waals surface area contributed by atoms with Crippen LogP contribution in [0.4, 0.5) is 5.82 Å². The highest BCUT2D eigenvalue weighted by Crippen LogP contribution is 2.22. The number of anilines is 1. The third-order valence-electron chi connectivity index (χ3n) is 3.27. The van der Waals surface area contributed by atoms with Gasteiger partial charge in [-0.25, -0.2) is 0 Å². The lowest BCUT2D eigenvalue weighted by atomic mass is 10.0. The Balaban J connectivity index is 2.37. The summed E-state index contributed by atoms with van der Waals surface area (Å²) in [6.45, 7) is 5.41. The van der Waals surface area contributed by atoms with Crippen molar-refractivity contribution in [3.05, 3.63) is 24.3 Å². The number of hydrogen-bond acceptors (Lipinski definition) is 2. The van der Waals surface area contributed by atoms with Crippen molar-refractivity contribution in [3.8, 4) is 0 Å². The van der Waals surface area contributed by atoms with Crippen molar-refractivity contribution in [2.45, 2.75) is 33.2 Å². The smallest absolute Gasteiger partial charge is 0.153 e. The fraction of sp³-hybridized carbons (Fsp3) is 0.462. The quantitative estimate of drug-likeness (QED) is 0.855. The van der Waals surface area contributed by atoms with E-state index in [1.807, 2.05) is 22.9 Å².